The molecule has 0 radical (unpaired) electrons. The summed E-state index contributed by atoms with van der Waals surface area (Å²) in [5, 5.41) is 12.4. The highest BCUT2D eigenvalue weighted by Crippen LogP contribution is 2.22. The van der Waals surface area contributed by atoms with E-state index in [1.165, 1.54) is 13.4 Å². The van der Waals surface area contributed by atoms with Crippen molar-refractivity contribution in [1.82, 2.24) is 20.8 Å². The second-order valence-electron chi connectivity index (χ2n) is 3.94. The molecule has 0 fully saturated rings. The van der Waals surface area contributed by atoms with Crippen LogP contribution in [0, 0.1) is 0 Å². The fourth-order valence-electron chi connectivity index (χ4n) is 1.37. The summed E-state index contributed by atoms with van der Waals surface area (Å²) in [5.41, 5.74) is 0. The highest BCUT2D eigenvalue weighted by atomic mass is 32.2. The molecule has 0 aliphatic carbocycles. The monoisotopic (exact) mass is 326 g/mol. The molecule has 2 heterocycles. The van der Waals surface area contributed by atoms with E-state index in [0.29, 0.717) is 18.9 Å². The number of nitrogens with one attached hydrogen (secondary N) is 2. The summed E-state index contributed by atoms with van der Waals surface area (Å²) in [6.07, 6.45) is 1.49. The van der Waals surface area contributed by atoms with E-state index in [-0.39, 0.29) is 16.9 Å². The zero-order chi connectivity index (χ0) is 15.8. The van der Waals surface area contributed by atoms with Gasteiger partial charge in [-0.15, -0.1) is 10.2 Å². The van der Waals surface area contributed by atoms with Gasteiger partial charge in [-0.3, -0.25) is 10.1 Å². The van der Waals surface area contributed by atoms with Gasteiger partial charge in [-0.05, 0) is 12.1 Å². The van der Waals surface area contributed by atoms with Crippen LogP contribution >= 0.6 is 11.8 Å². The van der Waals surface area contributed by atoms with E-state index in [2.05, 4.69) is 20.8 Å². The van der Waals surface area contributed by atoms with Crippen molar-refractivity contribution in [2.24, 2.45) is 0 Å². The van der Waals surface area contributed by atoms with Crippen LogP contribution in [0.4, 0.5) is 4.79 Å². The highest BCUT2D eigenvalue weighted by molar-refractivity contribution is 7.99. The maximum absolute atomic E-state index is 11.6. The molecule has 2 rings (SSSR count). The van der Waals surface area contributed by atoms with Crippen molar-refractivity contribution in [3.05, 3.63) is 18.4 Å². The molecule has 0 atom stereocenters. The number of rotatable bonds is 7. The summed E-state index contributed by atoms with van der Waals surface area (Å²) >= 11 is 1.02. The first-order valence-electron chi connectivity index (χ1n) is 6.26. The Balaban J connectivity index is 1.73. The molecule has 2 aromatic rings. The van der Waals surface area contributed by atoms with Gasteiger partial charge in [-0.25, -0.2) is 4.79 Å². The van der Waals surface area contributed by atoms with Gasteiger partial charge in [0.25, 0.3) is 11.1 Å². The van der Waals surface area contributed by atoms with E-state index < -0.39 is 11.9 Å². The fourth-order valence-corrected chi connectivity index (χ4v) is 1.93. The highest BCUT2D eigenvalue weighted by Gasteiger charge is 2.13. The van der Waals surface area contributed by atoms with E-state index in [9.17, 15) is 9.59 Å². The standard InChI is InChI=1S/C12H14N4O5S/c1-19-6-4-13-11(18)14-9(17)7-22-12-16-15-10(21-12)8-3-2-5-20-8/h2-3,5H,4,6-7H2,1H3,(H2,13,14,17,18). The molecule has 22 heavy (non-hydrogen) atoms. The average Bonchev–Trinajstić information content (AvgIpc) is 3.16. The molecule has 0 saturated heterocycles. The first-order chi connectivity index (χ1) is 10.7. The summed E-state index contributed by atoms with van der Waals surface area (Å²) in [5.74, 6) is 0.168. The van der Waals surface area contributed by atoms with Gasteiger partial charge in [-0.2, -0.15) is 0 Å². The summed E-state index contributed by atoms with van der Waals surface area (Å²) in [7, 11) is 1.52. The number of amides is 3. The second-order valence-corrected chi connectivity index (χ2v) is 4.86. The Hall–Kier alpha value is -2.33. The van der Waals surface area contributed by atoms with E-state index in [1.807, 2.05) is 0 Å². The molecule has 3 amide bonds. The molecule has 10 heteroatoms. The lowest BCUT2D eigenvalue weighted by Crippen LogP contribution is -2.41. The smallest absolute Gasteiger partial charge is 0.321 e. The van der Waals surface area contributed by atoms with Crippen LogP contribution in [-0.4, -0.2) is 48.1 Å². The quantitative estimate of drug-likeness (QED) is 0.569. The maximum Gasteiger partial charge on any atom is 0.321 e. The molecule has 0 aliphatic heterocycles. The first kappa shape index (κ1) is 16.0. The number of carbonyl (C=O) groups is 2. The number of hydrogen-bond donors (Lipinski definition) is 2. The van der Waals surface area contributed by atoms with Gasteiger partial charge in [0.1, 0.15) is 0 Å². The lowest BCUT2D eigenvalue weighted by molar-refractivity contribution is -0.117. The Morgan fingerprint density at radius 2 is 2.27 bits per heavy atom. The van der Waals surface area contributed by atoms with Crippen LogP contribution in [0.1, 0.15) is 0 Å². The molecule has 0 unspecified atom stereocenters. The summed E-state index contributed by atoms with van der Waals surface area (Å²) in [4.78, 5) is 22.9. The van der Waals surface area contributed by atoms with Crippen LogP contribution in [-0.2, 0) is 9.53 Å². The van der Waals surface area contributed by atoms with Gasteiger partial charge in [0.2, 0.25) is 5.91 Å². The molecule has 0 aliphatic rings. The van der Waals surface area contributed by atoms with Crippen molar-refractivity contribution >= 4 is 23.7 Å². The molecule has 0 bridgehead atoms. The zero-order valence-electron chi connectivity index (χ0n) is 11.7. The third-order valence-electron chi connectivity index (χ3n) is 2.31. The number of hydrogen-bond acceptors (Lipinski definition) is 8. The molecule has 0 aromatic carbocycles. The van der Waals surface area contributed by atoms with Crippen LogP contribution in [0.5, 0.6) is 0 Å². The molecule has 118 valence electrons. The van der Waals surface area contributed by atoms with Crippen LogP contribution in [0.2, 0.25) is 0 Å². The lowest BCUT2D eigenvalue weighted by Gasteiger charge is -2.04. The first-order valence-corrected chi connectivity index (χ1v) is 7.24. The normalized spacial score (nSPS) is 10.4. The Morgan fingerprint density at radius 3 is 3.00 bits per heavy atom. The van der Waals surface area contributed by atoms with E-state index >= 15 is 0 Å². The van der Waals surface area contributed by atoms with E-state index in [0.717, 1.165) is 11.8 Å². The molecule has 2 N–H and O–H groups in total. The van der Waals surface area contributed by atoms with Crippen molar-refractivity contribution in [1.29, 1.82) is 0 Å². The number of methoxy groups -OCH3 is 1. The van der Waals surface area contributed by atoms with Crippen molar-refractivity contribution < 1.29 is 23.2 Å². The average molecular weight is 326 g/mol. The van der Waals surface area contributed by atoms with Crippen LogP contribution < -0.4 is 10.6 Å². The third-order valence-corrected chi connectivity index (χ3v) is 3.13. The predicted octanol–water partition coefficient (Wildman–Crippen LogP) is 0.894. The summed E-state index contributed by atoms with van der Waals surface area (Å²) in [6.45, 7) is 0.687. The largest absolute Gasteiger partial charge is 0.459 e. The number of urea groups is 1. The van der Waals surface area contributed by atoms with Crippen molar-refractivity contribution in [3.63, 3.8) is 0 Å². The molecule has 0 saturated carbocycles. The number of carbonyl (C=O) groups excluding carboxylic acids is 2. The van der Waals surface area contributed by atoms with Gasteiger partial charge in [-0.1, -0.05) is 11.8 Å². The lowest BCUT2D eigenvalue weighted by atomic mass is 10.5. The van der Waals surface area contributed by atoms with Gasteiger partial charge in [0.05, 0.1) is 18.6 Å². The van der Waals surface area contributed by atoms with Crippen molar-refractivity contribution in [2.75, 3.05) is 26.0 Å². The molecule has 9 nitrogen and oxygen atoms in total. The number of ether oxygens (including phenoxy) is 1. The number of aromatic nitrogens is 2. The second kappa shape index (κ2) is 8.20. The minimum Gasteiger partial charge on any atom is -0.459 e. The van der Waals surface area contributed by atoms with Crippen molar-refractivity contribution in [2.45, 2.75) is 5.22 Å². The molecule has 2 aromatic heterocycles. The van der Waals surface area contributed by atoms with E-state index in [4.69, 9.17) is 13.6 Å². The van der Waals surface area contributed by atoms with Gasteiger partial charge >= 0.3 is 6.03 Å². The summed E-state index contributed by atoms with van der Waals surface area (Å²) < 4.78 is 15.2. The van der Waals surface area contributed by atoms with Crippen LogP contribution in [0.3, 0.4) is 0 Å². The Kier molecular flexibility index (Phi) is 5.98. The van der Waals surface area contributed by atoms with Gasteiger partial charge in [0, 0.05) is 13.7 Å². The Morgan fingerprint density at radius 1 is 1.41 bits per heavy atom. The molecule has 0 spiro atoms. The number of furan rings is 1. The zero-order valence-corrected chi connectivity index (χ0v) is 12.5. The SMILES string of the molecule is COCCNC(=O)NC(=O)CSc1nnc(-c2ccco2)o1. The van der Waals surface area contributed by atoms with E-state index in [1.54, 1.807) is 12.1 Å². The molecular weight excluding hydrogens is 312 g/mol. The topological polar surface area (TPSA) is 119 Å². The van der Waals surface area contributed by atoms with Gasteiger partial charge in [0.15, 0.2) is 5.76 Å². The number of nitrogens with zero attached hydrogens (tertiary/aromatic N) is 2. The minimum absolute atomic E-state index is 0.0303. The van der Waals surface area contributed by atoms with Gasteiger partial charge < -0.3 is 18.9 Å². The fraction of sp³-hybridized carbons (Fsp3) is 0.333. The molecular formula is C12H14N4O5S. The third kappa shape index (κ3) is 4.90. The Labute approximate surface area is 129 Å². The number of thioether (sulfide) groups is 1. The number of imide groups is 1. The Bertz CT molecular complexity index is 613. The predicted molar refractivity (Wildman–Crippen MR) is 76.1 cm³/mol. The minimum atomic E-state index is -0.579. The van der Waals surface area contributed by atoms with Crippen molar-refractivity contribution in [3.8, 4) is 11.7 Å². The van der Waals surface area contributed by atoms with Crippen LogP contribution in [0.25, 0.3) is 11.7 Å². The van der Waals surface area contributed by atoms with Crippen LogP contribution in [0.15, 0.2) is 32.5 Å². The summed E-state index contributed by atoms with van der Waals surface area (Å²) in [6, 6.07) is 2.80. The maximum atomic E-state index is 11.6.